The van der Waals surface area contributed by atoms with Gasteiger partial charge in [-0.3, -0.25) is 0 Å². The van der Waals surface area contributed by atoms with Crippen molar-refractivity contribution in [2.24, 2.45) is 0 Å². The summed E-state index contributed by atoms with van der Waals surface area (Å²) in [5, 5.41) is 0.695. The third kappa shape index (κ3) is 3.44. The van der Waals surface area contributed by atoms with Crippen molar-refractivity contribution < 1.29 is 8.42 Å². The van der Waals surface area contributed by atoms with Crippen molar-refractivity contribution in [3.8, 4) is 0 Å². The number of rotatable bonds is 5. The maximum atomic E-state index is 12.6. The molecule has 0 aliphatic heterocycles. The fourth-order valence-electron chi connectivity index (χ4n) is 2.83. The smallest absolute Gasteiger partial charge is 0.210 e. The minimum absolute atomic E-state index is 0.0879. The van der Waals surface area contributed by atoms with Crippen molar-refractivity contribution >= 4 is 21.6 Å². The zero-order valence-corrected chi connectivity index (χ0v) is 14.8. The zero-order chi connectivity index (χ0) is 16.7. The van der Waals surface area contributed by atoms with E-state index in [0.29, 0.717) is 16.5 Å². The van der Waals surface area contributed by atoms with Gasteiger partial charge in [-0.25, -0.2) is 13.1 Å². The SMILES string of the molecule is Cc1ccc(C)c(S(=O)(=O)NCC2(c3ccc(Cl)cc3)CC2)c1. The predicted octanol–water partition coefficient (Wildman–Crippen LogP) is 3.97. The molecule has 0 aromatic heterocycles. The molecule has 5 heteroatoms. The lowest BCUT2D eigenvalue weighted by molar-refractivity contribution is 0.566. The molecule has 3 rings (SSSR count). The van der Waals surface area contributed by atoms with Crippen molar-refractivity contribution in [2.75, 3.05) is 6.54 Å². The van der Waals surface area contributed by atoms with Crippen molar-refractivity contribution in [1.29, 1.82) is 0 Å². The number of halogens is 1. The molecular formula is C18H20ClNO2S. The van der Waals surface area contributed by atoms with Crippen LogP contribution < -0.4 is 4.72 Å². The molecule has 0 bridgehead atoms. The van der Waals surface area contributed by atoms with Crippen LogP contribution in [-0.4, -0.2) is 15.0 Å². The van der Waals surface area contributed by atoms with Crippen LogP contribution >= 0.6 is 11.6 Å². The van der Waals surface area contributed by atoms with Crippen LogP contribution in [-0.2, 0) is 15.4 Å². The Bertz CT molecular complexity index is 825. The minimum Gasteiger partial charge on any atom is -0.210 e. The Morgan fingerprint density at radius 1 is 1.09 bits per heavy atom. The van der Waals surface area contributed by atoms with Gasteiger partial charge in [0.2, 0.25) is 10.0 Å². The number of hydrogen-bond donors (Lipinski definition) is 1. The van der Waals surface area contributed by atoms with E-state index in [2.05, 4.69) is 4.72 Å². The second kappa shape index (κ2) is 5.93. The Hall–Kier alpha value is -1.36. The third-order valence-corrected chi connectivity index (χ3v) is 6.34. The Morgan fingerprint density at radius 2 is 1.74 bits per heavy atom. The molecule has 3 nitrogen and oxygen atoms in total. The zero-order valence-electron chi connectivity index (χ0n) is 13.3. The average molecular weight is 350 g/mol. The van der Waals surface area contributed by atoms with Crippen LogP contribution in [0.1, 0.15) is 29.5 Å². The molecule has 1 aliphatic rings. The lowest BCUT2D eigenvalue weighted by Gasteiger charge is -2.18. The molecule has 122 valence electrons. The fourth-order valence-corrected chi connectivity index (χ4v) is 4.41. The van der Waals surface area contributed by atoms with Gasteiger partial charge in [0.1, 0.15) is 0 Å². The first-order valence-electron chi connectivity index (χ1n) is 7.65. The van der Waals surface area contributed by atoms with E-state index in [1.807, 2.05) is 50.2 Å². The Labute approximate surface area is 142 Å². The maximum Gasteiger partial charge on any atom is 0.240 e. The lowest BCUT2D eigenvalue weighted by Crippen LogP contribution is -2.32. The van der Waals surface area contributed by atoms with Crippen molar-refractivity contribution in [3.63, 3.8) is 0 Å². The largest absolute Gasteiger partial charge is 0.240 e. The van der Waals surface area contributed by atoms with Crippen molar-refractivity contribution in [1.82, 2.24) is 4.72 Å². The highest BCUT2D eigenvalue weighted by molar-refractivity contribution is 7.89. The third-order valence-electron chi connectivity index (χ3n) is 4.54. The van der Waals surface area contributed by atoms with Gasteiger partial charge in [-0.2, -0.15) is 0 Å². The average Bonchev–Trinajstić information content (AvgIpc) is 3.30. The number of nitrogens with one attached hydrogen (secondary N) is 1. The molecule has 0 unspecified atom stereocenters. The lowest BCUT2D eigenvalue weighted by atomic mass is 9.96. The van der Waals surface area contributed by atoms with E-state index < -0.39 is 10.0 Å². The van der Waals surface area contributed by atoms with E-state index in [4.69, 9.17) is 11.6 Å². The summed E-state index contributed by atoms with van der Waals surface area (Å²) in [5.41, 5.74) is 2.76. The quantitative estimate of drug-likeness (QED) is 0.887. The van der Waals surface area contributed by atoms with E-state index in [1.54, 1.807) is 6.07 Å². The molecule has 1 fully saturated rings. The summed E-state index contributed by atoms with van der Waals surface area (Å²) in [6.07, 6.45) is 1.98. The van der Waals surface area contributed by atoms with Crippen molar-refractivity contribution in [2.45, 2.75) is 37.0 Å². The second-order valence-corrected chi connectivity index (χ2v) is 8.55. The topological polar surface area (TPSA) is 46.2 Å². The Kier molecular flexibility index (Phi) is 4.25. The van der Waals surface area contributed by atoms with Gasteiger partial charge in [0, 0.05) is 17.0 Å². The summed E-state index contributed by atoms with van der Waals surface area (Å²) in [5.74, 6) is 0. The summed E-state index contributed by atoms with van der Waals surface area (Å²) >= 11 is 5.93. The molecule has 0 spiro atoms. The highest BCUT2D eigenvalue weighted by Gasteiger charge is 2.44. The first-order chi connectivity index (χ1) is 10.8. The molecule has 0 heterocycles. The summed E-state index contributed by atoms with van der Waals surface area (Å²) < 4.78 is 28.1. The predicted molar refractivity (Wildman–Crippen MR) is 93.5 cm³/mol. The van der Waals surface area contributed by atoms with E-state index >= 15 is 0 Å². The first-order valence-corrected chi connectivity index (χ1v) is 9.52. The highest BCUT2D eigenvalue weighted by atomic mass is 35.5. The van der Waals surface area contributed by atoms with Crippen LogP contribution in [0.15, 0.2) is 47.4 Å². The number of sulfonamides is 1. The van der Waals surface area contributed by atoms with E-state index in [1.165, 1.54) is 0 Å². The standard InChI is InChI=1S/C18H20ClNO2S/c1-13-3-4-14(2)17(11-13)23(21,22)20-12-18(9-10-18)15-5-7-16(19)8-6-15/h3-8,11,20H,9-10,12H2,1-2H3. The molecule has 23 heavy (non-hydrogen) atoms. The normalized spacial score (nSPS) is 16.3. The molecule has 0 radical (unpaired) electrons. The molecule has 0 amide bonds. The van der Waals surface area contributed by atoms with Gasteiger partial charge < -0.3 is 0 Å². The Morgan fingerprint density at radius 3 is 2.35 bits per heavy atom. The molecule has 2 aromatic carbocycles. The van der Waals surface area contributed by atoms with Crippen LogP contribution in [0.2, 0.25) is 5.02 Å². The monoisotopic (exact) mass is 349 g/mol. The van der Waals surface area contributed by atoms with E-state index in [-0.39, 0.29) is 5.41 Å². The minimum atomic E-state index is -3.50. The second-order valence-electron chi connectivity index (χ2n) is 6.38. The van der Waals surface area contributed by atoms with Crippen LogP contribution in [0.4, 0.5) is 0 Å². The summed E-state index contributed by atoms with van der Waals surface area (Å²) in [6.45, 7) is 4.14. The highest BCUT2D eigenvalue weighted by Crippen LogP contribution is 2.48. The van der Waals surface area contributed by atoms with Gasteiger partial charge in [-0.15, -0.1) is 0 Å². The molecule has 0 saturated heterocycles. The van der Waals surface area contributed by atoms with E-state index in [9.17, 15) is 8.42 Å². The maximum absolute atomic E-state index is 12.6. The molecule has 1 aliphatic carbocycles. The number of benzene rings is 2. The van der Waals surface area contributed by atoms with Gasteiger partial charge >= 0.3 is 0 Å². The van der Waals surface area contributed by atoms with Gasteiger partial charge in [-0.05, 0) is 61.6 Å². The molecule has 2 aromatic rings. The van der Waals surface area contributed by atoms with Gasteiger partial charge in [-0.1, -0.05) is 35.9 Å². The molecule has 0 atom stereocenters. The van der Waals surface area contributed by atoms with Gasteiger partial charge in [0.05, 0.1) is 4.90 Å². The number of hydrogen-bond acceptors (Lipinski definition) is 2. The fraction of sp³-hybridized carbons (Fsp3) is 0.333. The van der Waals surface area contributed by atoms with Crippen molar-refractivity contribution in [3.05, 3.63) is 64.2 Å². The summed E-state index contributed by atoms with van der Waals surface area (Å²) in [7, 11) is -3.50. The van der Waals surface area contributed by atoms with Crippen LogP contribution in [0, 0.1) is 13.8 Å². The van der Waals surface area contributed by atoms with Gasteiger partial charge in [0.15, 0.2) is 0 Å². The summed E-state index contributed by atoms with van der Waals surface area (Å²) in [6, 6.07) is 13.2. The molecule has 1 saturated carbocycles. The van der Waals surface area contributed by atoms with Crippen LogP contribution in [0.25, 0.3) is 0 Å². The summed E-state index contributed by atoms with van der Waals surface area (Å²) in [4.78, 5) is 0.365. The Balaban J connectivity index is 1.79. The number of aryl methyl sites for hydroxylation is 2. The van der Waals surface area contributed by atoms with Crippen LogP contribution in [0.3, 0.4) is 0 Å². The van der Waals surface area contributed by atoms with Crippen LogP contribution in [0.5, 0.6) is 0 Å². The van der Waals surface area contributed by atoms with E-state index in [0.717, 1.165) is 29.5 Å². The molecule has 1 N–H and O–H groups in total. The van der Waals surface area contributed by atoms with Gasteiger partial charge in [0.25, 0.3) is 0 Å². The molecular weight excluding hydrogens is 330 g/mol. The first kappa shape index (κ1) is 16.5.